The monoisotopic (exact) mass is 451 g/mol. The van der Waals surface area contributed by atoms with Crippen LogP contribution in [0.4, 0.5) is 5.69 Å². The maximum Gasteiger partial charge on any atom is 0.254 e. The summed E-state index contributed by atoms with van der Waals surface area (Å²) in [7, 11) is 0. The molecular weight excluding hydrogens is 430 g/mol. The van der Waals surface area contributed by atoms with Crippen LogP contribution in [0.5, 0.6) is 0 Å². The van der Waals surface area contributed by atoms with Crippen LogP contribution >= 0.6 is 11.6 Å². The van der Waals surface area contributed by atoms with Crippen molar-refractivity contribution in [3.8, 4) is 0 Å². The maximum atomic E-state index is 13.1. The number of carbonyl (C=O) groups excluding carboxylic acids is 3. The Bertz CT molecular complexity index is 1130. The molecular formula is C24H22ClN3O4. The van der Waals surface area contributed by atoms with E-state index < -0.39 is 0 Å². The summed E-state index contributed by atoms with van der Waals surface area (Å²) in [6, 6.07) is 17.6. The quantitative estimate of drug-likeness (QED) is 0.572. The standard InChI is InChI=1S/C24H22ClN3O4/c1-17-7-9-18(10-8-17)24(31)26(13-21-6-3-11-32-21)14-22(29)27-15-23(30)28(16-27)20-5-2-4-19(25)12-20/h2-12H,13-16H2,1H3. The first kappa shape index (κ1) is 21.6. The molecule has 8 heteroatoms. The lowest BCUT2D eigenvalue weighted by atomic mass is 10.1. The molecule has 1 aromatic heterocycles. The van der Waals surface area contributed by atoms with Gasteiger partial charge in [0, 0.05) is 16.3 Å². The first-order valence-electron chi connectivity index (χ1n) is 10.1. The van der Waals surface area contributed by atoms with E-state index in [1.54, 1.807) is 48.5 Å². The lowest BCUT2D eigenvalue weighted by Crippen LogP contribution is -2.42. The van der Waals surface area contributed by atoms with Gasteiger partial charge in [-0.1, -0.05) is 35.4 Å². The Hall–Kier alpha value is -3.58. The minimum absolute atomic E-state index is 0.0569. The van der Waals surface area contributed by atoms with Crippen LogP contribution in [0.15, 0.2) is 71.3 Å². The average Bonchev–Trinajstić information content (AvgIpc) is 3.43. The topological polar surface area (TPSA) is 74.1 Å². The van der Waals surface area contributed by atoms with Gasteiger partial charge < -0.3 is 14.2 Å². The van der Waals surface area contributed by atoms with Gasteiger partial charge in [-0.25, -0.2) is 0 Å². The van der Waals surface area contributed by atoms with E-state index >= 15 is 0 Å². The van der Waals surface area contributed by atoms with Crippen molar-refractivity contribution < 1.29 is 18.8 Å². The lowest BCUT2D eigenvalue weighted by Gasteiger charge is -2.24. The SMILES string of the molecule is Cc1ccc(C(=O)N(CC(=O)N2CC(=O)N(c3cccc(Cl)c3)C2)Cc2ccco2)cc1. The summed E-state index contributed by atoms with van der Waals surface area (Å²) in [4.78, 5) is 43.1. The minimum Gasteiger partial charge on any atom is -0.467 e. The molecule has 2 aromatic carbocycles. The van der Waals surface area contributed by atoms with Crippen molar-refractivity contribution >= 4 is 35.0 Å². The molecule has 0 bridgehead atoms. The fraction of sp³-hybridized carbons (Fsp3) is 0.208. The normalized spacial score (nSPS) is 13.5. The number of rotatable bonds is 6. The fourth-order valence-electron chi connectivity index (χ4n) is 3.52. The number of nitrogens with zero attached hydrogens (tertiary/aromatic N) is 3. The molecule has 0 radical (unpaired) electrons. The highest BCUT2D eigenvalue weighted by Crippen LogP contribution is 2.23. The zero-order valence-corrected chi connectivity index (χ0v) is 18.3. The second kappa shape index (κ2) is 9.28. The molecule has 0 saturated carbocycles. The zero-order chi connectivity index (χ0) is 22.7. The van der Waals surface area contributed by atoms with Gasteiger partial charge in [-0.2, -0.15) is 0 Å². The van der Waals surface area contributed by atoms with Gasteiger partial charge >= 0.3 is 0 Å². The third-order valence-electron chi connectivity index (χ3n) is 5.25. The van der Waals surface area contributed by atoms with Crippen molar-refractivity contribution in [2.75, 3.05) is 24.7 Å². The number of hydrogen-bond acceptors (Lipinski definition) is 4. The van der Waals surface area contributed by atoms with Crippen LogP contribution in [0.25, 0.3) is 0 Å². The molecule has 3 amide bonds. The van der Waals surface area contributed by atoms with E-state index in [1.165, 1.54) is 21.0 Å². The number of aryl methyl sites for hydroxylation is 1. The molecule has 4 rings (SSSR count). The molecule has 2 heterocycles. The van der Waals surface area contributed by atoms with Gasteiger partial charge in [-0.05, 0) is 49.4 Å². The zero-order valence-electron chi connectivity index (χ0n) is 17.5. The largest absolute Gasteiger partial charge is 0.467 e. The number of anilines is 1. The molecule has 1 aliphatic rings. The van der Waals surface area contributed by atoms with Crippen molar-refractivity contribution in [1.82, 2.24) is 9.80 Å². The Kier molecular flexibility index (Phi) is 6.28. The van der Waals surface area contributed by atoms with Gasteiger partial charge in [0.25, 0.3) is 5.91 Å². The van der Waals surface area contributed by atoms with E-state index in [1.807, 2.05) is 19.1 Å². The highest BCUT2D eigenvalue weighted by atomic mass is 35.5. The Morgan fingerprint density at radius 3 is 2.56 bits per heavy atom. The minimum atomic E-state index is -0.324. The molecule has 32 heavy (non-hydrogen) atoms. The second-order valence-electron chi connectivity index (χ2n) is 7.64. The molecule has 1 aliphatic heterocycles. The van der Waals surface area contributed by atoms with E-state index in [2.05, 4.69) is 0 Å². The highest BCUT2D eigenvalue weighted by molar-refractivity contribution is 6.31. The van der Waals surface area contributed by atoms with E-state index in [0.717, 1.165) is 5.56 Å². The maximum absolute atomic E-state index is 13.1. The van der Waals surface area contributed by atoms with Gasteiger partial charge in [-0.15, -0.1) is 0 Å². The van der Waals surface area contributed by atoms with Crippen molar-refractivity contribution in [1.29, 1.82) is 0 Å². The van der Waals surface area contributed by atoms with Crippen molar-refractivity contribution in [2.45, 2.75) is 13.5 Å². The molecule has 164 valence electrons. The van der Waals surface area contributed by atoms with Gasteiger partial charge in [0.1, 0.15) is 25.5 Å². The predicted molar refractivity (Wildman–Crippen MR) is 120 cm³/mol. The Morgan fingerprint density at radius 1 is 1.09 bits per heavy atom. The summed E-state index contributed by atoms with van der Waals surface area (Å²) in [5, 5.41) is 0.508. The molecule has 1 fully saturated rings. The summed E-state index contributed by atoms with van der Waals surface area (Å²) < 4.78 is 5.39. The molecule has 3 aromatic rings. The predicted octanol–water partition coefficient (Wildman–Crippen LogP) is 3.72. The van der Waals surface area contributed by atoms with Crippen LogP contribution in [0.2, 0.25) is 5.02 Å². The Labute approximate surface area is 190 Å². The molecule has 0 aliphatic carbocycles. The Morgan fingerprint density at radius 2 is 1.88 bits per heavy atom. The average molecular weight is 452 g/mol. The van der Waals surface area contributed by atoms with Gasteiger partial charge in [0.15, 0.2) is 0 Å². The Balaban J connectivity index is 1.50. The first-order chi connectivity index (χ1) is 15.4. The summed E-state index contributed by atoms with van der Waals surface area (Å²) in [5.74, 6) is -0.249. The van der Waals surface area contributed by atoms with Crippen LogP contribution in [0.3, 0.4) is 0 Å². The van der Waals surface area contributed by atoms with Gasteiger partial charge in [-0.3, -0.25) is 19.3 Å². The van der Waals surface area contributed by atoms with Gasteiger partial charge in [0.05, 0.1) is 12.8 Å². The lowest BCUT2D eigenvalue weighted by molar-refractivity contribution is -0.132. The van der Waals surface area contributed by atoms with Crippen molar-refractivity contribution in [3.05, 3.63) is 88.8 Å². The molecule has 0 atom stereocenters. The molecule has 1 saturated heterocycles. The summed E-state index contributed by atoms with van der Waals surface area (Å²) >= 11 is 6.04. The van der Waals surface area contributed by atoms with E-state index in [4.69, 9.17) is 16.0 Å². The smallest absolute Gasteiger partial charge is 0.254 e. The molecule has 0 unspecified atom stereocenters. The summed E-state index contributed by atoms with van der Waals surface area (Å²) in [5.41, 5.74) is 2.14. The third kappa shape index (κ3) is 4.84. The van der Waals surface area contributed by atoms with Crippen molar-refractivity contribution in [2.24, 2.45) is 0 Å². The number of furan rings is 1. The van der Waals surface area contributed by atoms with Crippen LogP contribution in [0.1, 0.15) is 21.7 Å². The van der Waals surface area contributed by atoms with Crippen LogP contribution < -0.4 is 4.90 Å². The van der Waals surface area contributed by atoms with Crippen LogP contribution in [-0.2, 0) is 16.1 Å². The molecule has 7 nitrogen and oxygen atoms in total. The number of halogens is 1. The number of amides is 3. The van der Waals surface area contributed by atoms with Crippen LogP contribution in [-0.4, -0.2) is 47.3 Å². The summed E-state index contributed by atoms with van der Waals surface area (Å²) in [6.45, 7) is 1.95. The van der Waals surface area contributed by atoms with E-state index in [0.29, 0.717) is 22.0 Å². The molecule has 0 N–H and O–H groups in total. The van der Waals surface area contributed by atoms with Crippen LogP contribution in [0, 0.1) is 6.92 Å². The third-order valence-corrected chi connectivity index (χ3v) is 5.49. The molecule has 0 spiro atoms. The fourth-order valence-corrected chi connectivity index (χ4v) is 3.70. The number of benzene rings is 2. The van der Waals surface area contributed by atoms with E-state index in [9.17, 15) is 14.4 Å². The van der Waals surface area contributed by atoms with Gasteiger partial charge in [0.2, 0.25) is 11.8 Å². The second-order valence-corrected chi connectivity index (χ2v) is 8.08. The highest BCUT2D eigenvalue weighted by Gasteiger charge is 2.33. The van der Waals surface area contributed by atoms with Crippen molar-refractivity contribution in [3.63, 3.8) is 0 Å². The number of carbonyl (C=O) groups is 3. The summed E-state index contributed by atoms with van der Waals surface area (Å²) in [6.07, 6.45) is 1.52. The first-order valence-corrected chi connectivity index (χ1v) is 10.5. The number of hydrogen-bond donors (Lipinski definition) is 0. The van der Waals surface area contributed by atoms with E-state index in [-0.39, 0.29) is 44.0 Å².